The minimum absolute atomic E-state index is 0.0526. The van der Waals surface area contributed by atoms with Gasteiger partial charge < -0.3 is 0 Å². The molecule has 4 nitrogen and oxygen atoms in total. The summed E-state index contributed by atoms with van der Waals surface area (Å²) in [6, 6.07) is 6.22. The van der Waals surface area contributed by atoms with E-state index >= 15 is 0 Å². The van der Waals surface area contributed by atoms with Crippen LogP contribution in [-0.4, -0.2) is 20.7 Å². The van der Waals surface area contributed by atoms with Crippen molar-refractivity contribution in [3.63, 3.8) is 0 Å². The molecule has 1 aliphatic rings. The van der Waals surface area contributed by atoms with Crippen molar-refractivity contribution in [3.05, 3.63) is 41.5 Å². The maximum atomic E-state index is 12.2. The maximum absolute atomic E-state index is 12.2. The molecule has 0 saturated heterocycles. The highest BCUT2D eigenvalue weighted by atomic mass is 32.2. The van der Waals surface area contributed by atoms with Gasteiger partial charge in [0, 0.05) is 18.5 Å². The van der Waals surface area contributed by atoms with Crippen LogP contribution in [0.4, 0.5) is 0 Å². The highest BCUT2D eigenvalue weighted by Crippen LogP contribution is 2.20. The van der Waals surface area contributed by atoms with Crippen molar-refractivity contribution in [1.29, 1.82) is 0 Å². The highest BCUT2D eigenvalue weighted by Gasteiger charge is 2.16. The normalized spacial score (nSPS) is 15.0. The van der Waals surface area contributed by atoms with Crippen molar-refractivity contribution in [1.82, 2.24) is 4.72 Å². The number of carbonyl (C=O) groups is 1. The van der Waals surface area contributed by atoms with E-state index in [2.05, 4.69) is 10.8 Å². The first-order valence-electron chi connectivity index (χ1n) is 7.34. The first kappa shape index (κ1) is 15.9. The molecule has 0 fully saturated rings. The van der Waals surface area contributed by atoms with Gasteiger partial charge in [-0.15, -0.1) is 0 Å². The minimum atomic E-state index is -3.55. The number of carbonyl (C=O) groups excluding carboxylic acids is 1. The van der Waals surface area contributed by atoms with E-state index in [4.69, 9.17) is 0 Å². The number of benzene rings is 1. The van der Waals surface area contributed by atoms with Gasteiger partial charge in [0.1, 0.15) is 0 Å². The number of nitrogens with one attached hydrogen (secondary N) is 1. The summed E-state index contributed by atoms with van der Waals surface area (Å²) in [5.74, 6) is -0.0526. The van der Waals surface area contributed by atoms with Crippen LogP contribution in [0.2, 0.25) is 0 Å². The van der Waals surface area contributed by atoms with Crippen molar-refractivity contribution >= 4 is 15.8 Å². The standard InChI is InChI=1S/C16H21NO3S/c1-2-16(18)14-8-5-9-15(12-14)21(19,20)17-11-10-13-6-3-4-7-13/h5-6,8-9,12,17H,2-4,7,10-11H2,1H3. The molecule has 0 aromatic heterocycles. The molecular weight excluding hydrogens is 286 g/mol. The van der Waals surface area contributed by atoms with Gasteiger partial charge in [-0.1, -0.05) is 30.7 Å². The van der Waals surface area contributed by atoms with E-state index in [1.165, 1.54) is 24.1 Å². The minimum Gasteiger partial charge on any atom is -0.294 e. The molecule has 1 N–H and O–H groups in total. The van der Waals surface area contributed by atoms with Gasteiger partial charge in [0.2, 0.25) is 10.0 Å². The first-order valence-corrected chi connectivity index (χ1v) is 8.82. The quantitative estimate of drug-likeness (QED) is 0.622. The van der Waals surface area contributed by atoms with Gasteiger partial charge in [0.15, 0.2) is 5.78 Å². The van der Waals surface area contributed by atoms with Crippen molar-refractivity contribution in [2.24, 2.45) is 0 Å². The molecule has 1 aromatic rings. The lowest BCUT2D eigenvalue weighted by atomic mass is 10.1. The maximum Gasteiger partial charge on any atom is 0.240 e. The van der Waals surface area contributed by atoms with Crippen LogP contribution in [-0.2, 0) is 10.0 Å². The van der Waals surface area contributed by atoms with E-state index in [9.17, 15) is 13.2 Å². The van der Waals surface area contributed by atoms with Gasteiger partial charge in [-0.3, -0.25) is 4.79 Å². The number of rotatable bonds is 7. The Kier molecular flexibility index (Phi) is 5.31. The molecule has 2 rings (SSSR count). The van der Waals surface area contributed by atoms with Crippen molar-refractivity contribution in [3.8, 4) is 0 Å². The molecule has 0 heterocycles. The van der Waals surface area contributed by atoms with Crippen molar-refractivity contribution < 1.29 is 13.2 Å². The van der Waals surface area contributed by atoms with E-state index in [0.29, 0.717) is 18.5 Å². The first-order chi connectivity index (χ1) is 10.0. The Hall–Kier alpha value is -1.46. The van der Waals surface area contributed by atoms with Crippen LogP contribution in [0.15, 0.2) is 40.8 Å². The fourth-order valence-electron chi connectivity index (χ4n) is 2.43. The molecule has 114 valence electrons. The molecule has 0 radical (unpaired) electrons. The third-order valence-electron chi connectivity index (χ3n) is 3.66. The molecule has 0 amide bonds. The molecule has 5 heteroatoms. The smallest absolute Gasteiger partial charge is 0.240 e. The number of hydrogen-bond acceptors (Lipinski definition) is 3. The summed E-state index contributed by atoms with van der Waals surface area (Å²) in [6.07, 6.45) is 6.65. The van der Waals surface area contributed by atoms with Crippen LogP contribution in [0.3, 0.4) is 0 Å². The van der Waals surface area contributed by atoms with E-state index in [-0.39, 0.29) is 10.7 Å². The van der Waals surface area contributed by atoms with E-state index in [1.807, 2.05) is 0 Å². The Bertz CT molecular complexity index is 647. The average molecular weight is 307 g/mol. The van der Waals surface area contributed by atoms with Crippen molar-refractivity contribution in [2.45, 2.75) is 43.9 Å². The zero-order valence-corrected chi connectivity index (χ0v) is 13.1. The lowest BCUT2D eigenvalue weighted by Gasteiger charge is -2.08. The number of sulfonamides is 1. The second kappa shape index (κ2) is 7.00. The van der Waals surface area contributed by atoms with Crippen LogP contribution in [0, 0.1) is 0 Å². The van der Waals surface area contributed by atoms with Gasteiger partial charge in [-0.2, -0.15) is 0 Å². The van der Waals surface area contributed by atoms with E-state index < -0.39 is 10.0 Å². The summed E-state index contributed by atoms with van der Waals surface area (Å²) in [6.45, 7) is 2.16. The van der Waals surface area contributed by atoms with Gasteiger partial charge in [0.05, 0.1) is 4.90 Å². The Labute approximate surface area is 126 Å². The van der Waals surface area contributed by atoms with Crippen molar-refractivity contribution in [2.75, 3.05) is 6.54 Å². The number of allylic oxidation sites excluding steroid dienone is 1. The van der Waals surface area contributed by atoms with Gasteiger partial charge in [-0.05, 0) is 37.8 Å². The second-order valence-corrected chi connectivity index (χ2v) is 6.97. The zero-order chi connectivity index (χ0) is 15.3. The van der Waals surface area contributed by atoms with Crippen LogP contribution >= 0.6 is 0 Å². The molecule has 21 heavy (non-hydrogen) atoms. The molecule has 1 aromatic carbocycles. The zero-order valence-electron chi connectivity index (χ0n) is 12.3. The molecule has 0 spiro atoms. The molecule has 0 bridgehead atoms. The predicted octanol–water partition coefficient (Wildman–Crippen LogP) is 3.06. The SMILES string of the molecule is CCC(=O)c1cccc(S(=O)(=O)NCCC2=CCCC2)c1. The van der Waals surface area contributed by atoms with Crippen LogP contribution < -0.4 is 4.72 Å². The Balaban J connectivity index is 2.03. The molecule has 0 saturated carbocycles. The lowest BCUT2D eigenvalue weighted by molar-refractivity contribution is 0.0988. The summed E-state index contributed by atoms with van der Waals surface area (Å²) < 4.78 is 27.1. The van der Waals surface area contributed by atoms with E-state index in [0.717, 1.165) is 19.3 Å². The lowest BCUT2D eigenvalue weighted by Crippen LogP contribution is -2.25. The second-order valence-electron chi connectivity index (χ2n) is 5.21. The molecular formula is C16H21NO3S. The van der Waals surface area contributed by atoms with Gasteiger partial charge in [0.25, 0.3) is 0 Å². The highest BCUT2D eigenvalue weighted by molar-refractivity contribution is 7.89. The molecule has 1 aliphatic carbocycles. The van der Waals surface area contributed by atoms with Gasteiger partial charge in [-0.25, -0.2) is 13.1 Å². The topological polar surface area (TPSA) is 63.2 Å². The third kappa shape index (κ3) is 4.25. The summed E-state index contributed by atoms with van der Waals surface area (Å²) in [7, 11) is -3.55. The summed E-state index contributed by atoms with van der Waals surface area (Å²) in [5.41, 5.74) is 1.77. The Morgan fingerprint density at radius 1 is 1.33 bits per heavy atom. The molecule has 0 atom stereocenters. The van der Waals surface area contributed by atoms with Crippen LogP contribution in [0.25, 0.3) is 0 Å². The van der Waals surface area contributed by atoms with Crippen LogP contribution in [0.5, 0.6) is 0 Å². The van der Waals surface area contributed by atoms with Crippen LogP contribution in [0.1, 0.15) is 49.4 Å². The Morgan fingerprint density at radius 2 is 2.14 bits per heavy atom. The predicted molar refractivity (Wildman–Crippen MR) is 82.8 cm³/mol. The fraction of sp³-hybridized carbons (Fsp3) is 0.438. The Morgan fingerprint density at radius 3 is 2.81 bits per heavy atom. The number of ketones is 1. The monoisotopic (exact) mass is 307 g/mol. The molecule has 0 aliphatic heterocycles. The molecule has 0 unspecified atom stereocenters. The summed E-state index contributed by atoms with van der Waals surface area (Å²) in [5, 5.41) is 0. The van der Waals surface area contributed by atoms with Gasteiger partial charge >= 0.3 is 0 Å². The summed E-state index contributed by atoms with van der Waals surface area (Å²) >= 11 is 0. The fourth-order valence-corrected chi connectivity index (χ4v) is 3.51. The third-order valence-corrected chi connectivity index (χ3v) is 5.12. The number of hydrogen-bond donors (Lipinski definition) is 1. The van der Waals surface area contributed by atoms with E-state index in [1.54, 1.807) is 19.1 Å². The largest absolute Gasteiger partial charge is 0.294 e. The summed E-state index contributed by atoms with van der Waals surface area (Å²) in [4.78, 5) is 11.8. The average Bonchev–Trinajstić information content (AvgIpc) is 2.99. The number of Topliss-reactive ketones (excluding diaryl/α,β-unsaturated/α-hetero) is 1.